The van der Waals surface area contributed by atoms with Crippen LogP contribution in [0.4, 0.5) is 5.69 Å². The minimum absolute atomic E-state index is 0.632. The van der Waals surface area contributed by atoms with Crippen LogP contribution in [0.3, 0.4) is 0 Å². The third-order valence-corrected chi connectivity index (χ3v) is 5.38. The smallest absolute Gasteiger partial charge is 0.131 e. The highest BCUT2D eigenvalue weighted by Gasteiger charge is 2.29. The maximum Gasteiger partial charge on any atom is 0.131 e. The van der Waals surface area contributed by atoms with Crippen LogP contribution in [0, 0.1) is 0 Å². The Labute approximate surface area is 179 Å². The van der Waals surface area contributed by atoms with E-state index in [-0.39, 0.29) is 0 Å². The summed E-state index contributed by atoms with van der Waals surface area (Å²) in [6.45, 7) is 2.63. The third-order valence-electron chi connectivity index (χ3n) is 5.38. The van der Waals surface area contributed by atoms with Gasteiger partial charge in [-0.25, -0.2) is 0 Å². The lowest BCUT2D eigenvalue weighted by atomic mass is 9.91. The van der Waals surface area contributed by atoms with Crippen LogP contribution in [-0.2, 0) is 12.0 Å². The first-order chi connectivity index (χ1) is 14.6. The zero-order valence-corrected chi connectivity index (χ0v) is 17.8. The van der Waals surface area contributed by atoms with E-state index in [0.29, 0.717) is 5.69 Å². The molecule has 0 aliphatic carbocycles. The maximum atomic E-state index is 11.2. The molecule has 2 heterocycles. The molecule has 158 valence electrons. The Hall–Kier alpha value is -2.92. The minimum Gasteiger partial charge on any atom is -0.497 e. The van der Waals surface area contributed by atoms with E-state index in [4.69, 9.17) is 4.74 Å². The average molecular weight is 406 g/mol. The fraction of sp³-hybridized carbons (Fsp3) is 0.360. The molecule has 5 heteroatoms. The molecule has 0 fully saturated rings. The van der Waals surface area contributed by atoms with Crippen molar-refractivity contribution in [3.63, 3.8) is 0 Å². The predicted molar refractivity (Wildman–Crippen MR) is 121 cm³/mol. The van der Waals surface area contributed by atoms with Crippen molar-refractivity contribution < 1.29 is 9.84 Å². The van der Waals surface area contributed by atoms with Crippen molar-refractivity contribution in [2.24, 2.45) is 0 Å². The Kier molecular flexibility index (Phi) is 7.80. The molecule has 1 atom stereocenters. The first kappa shape index (κ1) is 21.8. The molecule has 2 N–H and O–H groups in total. The highest BCUT2D eigenvalue weighted by Crippen LogP contribution is 2.33. The summed E-state index contributed by atoms with van der Waals surface area (Å²) in [7, 11) is 1.63. The zero-order chi connectivity index (χ0) is 21.2. The number of aryl methyl sites for hydroxylation is 1. The number of aliphatic hydroxyl groups is 1. The van der Waals surface area contributed by atoms with Gasteiger partial charge in [0.2, 0.25) is 0 Å². The normalized spacial score (nSPS) is 12.9. The van der Waals surface area contributed by atoms with Gasteiger partial charge in [0, 0.05) is 25.1 Å². The van der Waals surface area contributed by atoms with E-state index in [1.54, 1.807) is 20.2 Å². The highest BCUT2D eigenvalue weighted by atomic mass is 16.5. The number of nitrogens with zero attached hydrogens (tertiary/aromatic N) is 2. The summed E-state index contributed by atoms with van der Waals surface area (Å²) < 4.78 is 5.22. The summed E-state index contributed by atoms with van der Waals surface area (Å²) in [6.07, 6.45) is 11.2. The molecule has 1 unspecified atom stereocenters. The van der Waals surface area contributed by atoms with Crippen LogP contribution in [0.5, 0.6) is 5.75 Å². The Morgan fingerprint density at radius 1 is 0.933 bits per heavy atom. The van der Waals surface area contributed by atoms with Gasteiger partial charge in [0.25, 0.3) is 0 Å². The fourth-order valence-corrected chi connectivity index (χ4v) is 3.57. The number of nitrogens with one attached hydrogen (secondary N) is 1. The number of aromatic nitrogens is 2. The third kappa shape index (κ3) is 5.80. The van der Waals surface area contributed by atoms with Crippen LogP contribution in [0.2, 0.25) is 0 Å². The number of ether oxygens (including phenoxy) is 1. The number of pyridine rings is 2. The molecule has 0 saturated heterocycles. The van der Waals surface area contributed by atoms with Gasteiger partial charge < -0.3 is 15.2 Å². The topological polar surface area (TPSA) is 67.3 Å². The van der Waals surface area contributed by atoms with Gasteiger partial charge in [0.05, 0.1) is 18.5 Å². The molecule has 0 aliphatic rings. The Balaban J connectivity index is 1.51. The molecule has 30 heavy (non-hydrogen) atoms. The maximum absolute atomic E-state index is 11.2. The van der Waals surface area contributed by atoms with Gasteiger partial charge in [-0.2, -0.15) is 0 Å². The average Bonchev–Trinajstić information content (AvgIpc) is 2.79. The number of rotatable bonds is 11. The first-order valence-corrected chi connectivity index (χ1v) is 10.6. The lowest BCUT2D eigenvalue weighted by Gasteiger charge is -2.26. The van der Waals surface area contributed by atoms with Gasteiger partial charge in [-0.1, -0.05) is 25.0 Å². The molecule has 0 bridgehead atoms. The van der Waals surface area contributed by atoms with E-state index in [1.165, 1.54) is 24.8 Å². The van der Waals surface area contributed by atoms with Crippen molar-refractivity contribution in [2.45, 2.75) is 44.6 Å². The van der Waals surface area contributed by atoms with Gasteiger partial charge in [0.1, 0.15) is 11.4 Å². The van der Waals surface area contributed by atoms with Crippen LogP contribution in [0.25, 0.3) is 0 Å². The molecule has 0 aliphatic heterocycles. The Bertz CT molecular complexity index is 896. The van der Waals surface area contributed by atoms with Crippen molar-refractivity contribution in [1.29, 1.82) is 0 Å². The molecule has 0 amide bonds. The molecule has 3 aromatic rings. The molecule has 5 nitrogen and oxygen atoms in total. The van der Waals surface area contributed by atoms with E-state index in [0.717, 1.165) is 36.4 Å². The molecule has 3 rings (SSSR count). The monoisotopic (exact) mass is 405 g/mol. The largest absolute Gasteiger partial charge is 0.497 e. The second-order valence-electron chi connectivity index (χ2n) is 7.65. The van der Waals surface area contributed by atoms with E-state index in [1.807, 2.05) is 48.8 Å². The number of unbranched alkanes of at least 4 members (excludes halogenated alkanes) is 3. The zero-order valence-electron chi connectivity index (χ0n) is 17.8. The first-order valence-electron chi connectivity index (χ1n) is 10.6. The number of benzene rings is 1. The lowest BCUT2D eigenvalue weighted by Crippen LogP contribution is -2.26. The molecule has 0 saturated carbocycles. The summed E-state index contributed by atoms with van der Waals surface area (Å²) in [5.41, 5.74) is 2.44. The molecule has 1 aromatic carbocycles. The molecular formula is C25H31N3O2. The van der Waals surface area contributed by atoms with Crippen LogP contribution in [0.15, 0.2) is 67.1 Å². The molecule has 0 radical (unpaired) electrons. The fourth-order valence-electron chi connectivity index (χ4n) is 3.57. The van der Waals surface area contributed by atoms with Crippen molar-refractivity contribution in [2.75, 3.05) is 19.0 Å². The van der Waals surface area contributed by atoms with Crippen molar-refractivity contribution in [3.8, 4) is 5.75 Å². The molecule has 2 aromatic heterocycles. The number of hydrogen-bond donors (Lipinski definition) is 2. The number of anilines is 1. The van der Waals surface area contributed by atoms with Gasteiger partial charge in [-0.05, 0) is 73.7 Å². The van der Waals surface area contributed by atoms with Crippen molar-refractivity contribution in [3.05, 3.63) is 83.9 Å². The van der Waals surface area contributed by atoms with Crippen LogP contribution >= 0.6 is 0 Å². The highest BCUT2D eigenvalue weighted by molar-refractivity contribution is 5.53. The summed E-state index contributed by atoms with van der Waals surface area (Å²) in [4.78, 5) is 8.54. The van der Waals surface area contributed by atoms with Crippen LogP contribution < -0.4 is 10.1 Å². The van der Waals surface area contributed by atoms with E-state index >= 15 is 0 Å². The summed E-state index contributed by atoms with van der Waals surface area (Å²) in [6, 6.07) is 15.5. The van der Waals surface area contributed by atoms with Gasteiger partial charge >= 0.3 is 0 Å². The van der Waals surface area contributed by atoms with E-state index in [2.05, 4.69) is 27.4 Å². The van der Waals surface area contributed by atoms with E-state index < -0.39 is 5.60 Å². The Morgan fingerprint density at radius 2 is 1.67 bits per heavy atom. The summed E-state index contributed by atoms with van der Waals surface area (Å²) in [5, 5.41) is 14.7. The second-order valence-corrected chi connectivity index (χ2v) is 7.65. The standard InChI is InChI=1S/C25H31N3O2/c1-25(29,21-10-12-22(30-2)13-11-21)24-23(9-7-17-28-24)27-16-6-4-3-5-8-20-14-18-26-19-15-20/h7,9-15,17-19,27,29H,3-6,8,16H2,1-2H3. The summed E-state index contributed by atoms with van der Waals surface area (Å²) in [5.74, 6) is 0.762. The minimum atomic E-state index is -1.19. The molecular weight excluding hydrogens is 374 g/mol. The SMILES string of the molecule is COc1ccc(C(C)(O)c2ncccc2NCCCCCCc2ccncc2)cc1. The lowest BCUT2D eigenvalue weighted by molar-refractivity contribution is 0.0981. The quantitative estimate of drug-likeness (QED) is 0.442. The second kappa shape index (κ2) is 10.7. The van der Waals surface area contributed by atoms with Crippen LogP contribution in [0.1, 0.15) is 49.4 Å². The van der Waals surface area contributed by atoms with Crippen LogP contribution in [-0.4, -0.2) is 28.7 Å². The summed E-state index contributed by atoms with van der Waals surface area (Å²) >= 11 is 0. The van der Waals surface area contributed by atoms with Gasteiger partial charge in [0.15, 0.2) is 0 Å². The number of methoxy groups -OCH3 is 1. The van der Waals surface area contributed by atoms with Gasteiger partial charge in [-0.15, -0.1) is 0 Å². The Morgan fingerprint density at radius 3 is 2.40 bits per heavy atom. The number of hydrogen-bond acceptors (Lipinski definition) is 5. The molecule has 0 spiro atoms. The predicted octanol–water partition coefficient (Wildman–Crippen LogP) is 4.96. The van der Waals surface area contributed by atoms with Crippen molar-refractivity contribution >= 4 is 5.69 Å². The van der Waals surface area contributed by atoms with E-state index in [9.17, 15) is 5.11 Å². The van der Waals surface area contributed by atoms with Crippen molar-refractivity contribution in [1.82, 2.24) is 9.97 Å². The van der Waals surface area contributed by atoms with Gasteiger partial charge in [-0.3, -0.25) is 9.97 Å².